The van der Waals surface area contributed by atoms with Crippen molar-refractivity contribution in [2.75, 3.05) is 13.1 Å². The van der Waals surface area contributed by atoms with Gasteiger partial charge in [-0.25, -0.2) is 9.59 Å². The van der Waals surface area contributed by atoms with E-state index in [9.17, 15) is 24.3 Å². The fraction of sp³-hybridized carbons (Fsp3) is 0.556. The van der Waals surface area contributed by atoms with Gasteiger partial charge in [0.15, 0.2) is 6.29 Å². The van der Waals surface area contributed by atoms with Crippen molar-refractivity contribution in [2.24, 2.45) is 0 Å². The molecule has 0 aromatic carbocycles. The van der Waals surface area contributed by atoms with E-state index >= 15 is 0 Å². The van der Waals surface area contributed by atoms with Crippen LogP contribution in [0.25, 0.3) is 0 Å². The highest BCUT2D eigenvalue weighted by Crippen LogP contribution is 2.24. The predicted molar refractivity (Wildman–Crippen MR) is 93.9 cm³/mol. The molecule has 1 aliphatic heterocycles. The number of carboxylic acids is 1. The van der Waals surface area contributed by atoms with Gasteiger partial charge in [0.2, 0.25) is 0 Å². The molecule has 0 unspecified atom stereocenters. The Morgan fingerprint density at radius 3 is 2.31 bits per heavy atom. The maximum Gasteiger partial charge on any atom is 0.410 e. The van der Waals surface area contributed by atoms with E-state index in [0.29, 0.717) is 37.8 Å². The Balaban J connectivity index is 2.21. The van der Waals surface area contributed by atoms with E-state index in [1.807, 2.05) is 0 Å². The molecule has 1 aromatic rings. The van der Waals surface area contributed by atoms with Gasteiger partial charge >= 0.3 is 12.1 Å². The zero-order valence-electron chi connectivity index (χ0n) is 15.4. The third kappa shape index (κ3) is 4.12. The maximum absolute atomic E-state index is 12.5. The molecular weight excluding hydrogens is 340 g/mol. The van der Waals surface area contributed by atoms with Gasteiger partial charge in [-0.05, 0) is 46.1 Å². The minimum absolute atomic E-state index is 0.207. The molecule has 8 heteroatoms. The first-order valence-corrected chi connectivity index (χ1v) is 8.47. The normalized spacial score (nSPS) is 15.6. The van der Waals surface area contributed by atoms with Crippen molar-refractivity contribution in [2.45, 2.75) is 52.2 Å². The second kappa shape index (κ2) is 7.31. The number of rotatable bonds is 3. The number of aldehydes is 1. The summed E-state index contributed by atoms with van der Waals surface area (Å²) in [7, 11) is 0. The Kier molecular flexibility index (Phi) is 5.53. The first-order valence-electron chi connectivity index (χ1n) is 8.47. The number of piperidine rings is 1. The van der Waals surface area contributed by atoms with Gasteiger partial charge in [0, 0.05) is 25.3 Å². The molecule has 1 saturated heterocycles. The van der Waals surface area contributed by atoms with E-state index in [1.54, 1.807) is 32.6 Å². The van der Waals surface area contributed by atoms with Crippen molar-refractivity contribution in [3.05, 3.63) is 33.2 Å². The van der Waals surface area contributed by atoms with E-state index in [1.165, 1.54) is 10.8 Å². The number of carbonyl (C=O) groups excluding carboxylic acids is 2. The quantitative estimate of drug-likeness (QED) is 0.825. The number of aryl methyl sites for hydroxylation is 1. The Morgan fingerprint density at radius 2 is 1.85 bits per heavy atom. The van der Waals surface area contributed by atoms with E-state index in [4.69, 9.17) is 4.74 Å². The summed E-state index contributed by atoms with van der Waals surface area (Å²) in [6.07, 6.45) is 2.42. The summed E-state index contributed by atoms with van der Waals surface area (Å²) < 4.78 is 6.76. The molecule has 8 nitrogen and oxygen atoms in total. The highest BCUT2D eigenvalue weighted by atomic mass is 16.6. The molecule has 1 fully saturated rings. The summed E-state index contributed by atoms with van der Waals surface area (Å²) in [6.45, 7) is 7.79. The van der Waals surface area contributed by atoms with Crippen LogP contribution in [0.15, 0.2) is 11.0 Å². The van der Waals surface area contributed by atoms with Crippen molar-refractivity contribution in [3.8, 4) is 0 Å². The number of aromatic carboxylic acids is 1. The molecule has 0 saturated carbocycles. The number of pyridine rings is 1. The molecule has 1 N–H and O–H groups in total. The molecule has 2 heterocycles. The van der Waals surface area contributed by atoms with Gasteiger partial charge in [-0.15, -0.1) is 0 Å². The molecule has 0 spiro atoms. The third-order valence-electron chi connectivity index (χ3n) is 4.30. The minimum atomic E-state index is -1.30. The standard InChI is InChI=1S/C18H24N2O6/c1-11-9-20(15(22)13(10-21)14(11)16(23)24)12-5-7-19(8-6-12)17(25)26-18(2,3)4/h9-10,12H,5-8H2,1-4H3,(H,23,24). The number of hydrogen-bond donors (Lipinski definition) is 1. The molecule has 0 aliphatic carbocycles. The molecule has 142 valence electrons. The number of nitrogens with zero attached hydrogens (tertiary/aromatic N) is 2. The molecule has 0 radical (unpaired) electrons. The van der Waals surface area contributed by atoms with Crippen LogP contribution in [-0.4, -0.2) is 51.6 Å². The molecular formula is C18H24N2O6. The van der Waals surface area contributed by atoms with Crippen LogP contribution in [0.4, 0.5) is 4.79 Å². The summed E-state index contributed by atoms with van der Waals surface area (Å²) in [5.74, 6) is -1.30. The molecule has 1 amide bonds. The molecule has 2 rings (SSSR count). The second-order valence-corrected chi connectivity index (χ2v) is 7.43. The van der Waals surface area contributed by atoms with Crippen LogP contribution in [0.2, 0.25) is 0 Å². The van der Waals surface area contributed by atoms with Crippen LogP contribution in [0, 0.1) is 6.92 Å². The fourth-order valence-electron chi connectivity index (χ4n) is 3.11. The van der Waals surface area contributed by atoms with E-state index in [0.717, 1.165) is 0 Å². The van der Waals surface area contributed by atoms with E-state index < -0.39 is 23.2 Å². The molecule has 26 heavy (non-hydrogen) atoms. The fourth-order valence-corrected chi connectivity index (χ4v) is 3.11. The van der Waals surface area contributed by atoms with Crippen molar-refractivity contribution < 1.29 is 24.2 Å². The monoisotopic (exact) mass is 364 g/mol. The number of likely N-dealkylation sites (tertiary alicyclic amines) is 1. The highest BCUT2D eigenvalue weighted by molar-refractivity contribution is 5.98. The zero-order chi connectivity index (χ0) is 19.6. The summed E-state index contributed by atoms with van der Waals surface area (Å²) in [4.78, 5) is 48.8. The number of hydrogen-bond acceptors (Lipinski definition) is 5. The predicted octanol–water partition coefficient (Wildman–Crippen LogP) is 2.24. The number of carboxylic acid groups (broad SMARTS) is 1. The average Bonchev–Trinajstić information content (AvgIpc) is 2.54. The van der Waals surface area contributed by atoms with E-state index in [2.05, 4.69) is 0 Å². The number of amides is 1. The van der Waals surface area contributed by atoms with Crippen molar-refractivity contribution in [1.29, 1.82) is 0 Å². The van der Waals surface area contributed by atoms with Crippen LogP contribution in [0.3, 0.4) is 0 Å². The van der Waals surface area contributed by atoms with Gasteiger partial charge in [-0.3, -0.25) is 9.59 Å². The van der Waals surface area contributed by atoms with Crippen LogP contribution in [0.5, 0.6) is 0 Å². The Bertz CT molecular complexity index is 782. The van der Waals surface area contributed by atoms with Crippen molar-refractivity contribution in [1.82, 2.24) is 9.47 Å². The summed E-state index contributed by atoms with van der Waals surface area (Å²) in [6, 6.07) is -0.207. The van der Waals surface area contributed by atoms with Gasteiger partial charge < -0.3 is 19.3 Å². The van der Waals surface area contributed by atoms with Gasteiger partial charge in [-0.2, -0.15) is 0 Å². The number of aromatic nitrogens is 1. The van der Waals surface area contributed by atoms with Gasteiger partial charge in [0.25, 0.3) is 5.56 Å². The van der Waals surface area contributed by atoms with Crippen LogP contribution < -0.4 is 5.56 Å². The molecule has 0 atom stereocenters. The van der Waals surface area contributed by atoms with Crippen LogP contribution in [-0.2, 0) is 4.74 Å². The highest BCUT2D eigenvalue weighted by Gasteiger charge is 2.29. The van der Waals surface area contributed by atoms with Crippen LogP contribution in [0.1, 0.15) is 65.9 Å². The molecule has 1 aromatic heterocycles. The van der Waals surface area contributed by atoms with Crippen LogP contribution >= 0.6 is 0 Å². The largest absolute Gasteiger partial charge is 0.478 e. The maximum atomic E-state index is 12.5. The number of carbonyl (C=O) groups is 3. The SMILES string of the molecule is Cc1cn(C2CCN(C(=O)OC(C)(C)C)CC2)c(=O)c(C=O)c1C(=O)O. The summed E-state index contributed by atoms with van der Waals surface area (Å²) in [5, 5.41) is 9.23. The lowest BCUT2D eigenvalue weighted by Gasteiger charge is -2.34. The lowest BCUT2D eigenvalue weighted by Crippen LogP contribution is -2.43. The smallest absolute Gasteiger partial charge is 0.410 e. The first kappa shape index (κ1) is 19.7. The second-order valence-electron chi connectivity index (χ2n) is 7.43. The Labute approximate surface area is 151 Å². The van der Waals surface area contributed by atoms with Gasteiger partial charge in [0.05, 0.1) is 11.1 Å². The lowest BCUT2D eigenvalue weighted by atomic mass is 10.0. The Morgan fingerprint density at radius 1 is 1.27 bits per heavy atom. The number of ether oxygens (including phenoxy) is 1. The van der Waals surface area contributed by atoms with Gasteiger partial charge in [0.1, 0.15) is 5.60 Å². The van der Waals surface area contributed by atoms with E-state index in [-0.39, 0.29) is 17.2 Å². The van der Waals surface area contributed by atoms with Crippen molar-refractivity contribution >= 4 is 18.3 Å². The third-order valence-corrected chi connectivity index (χ3v) is 4.30. The zero-order valence-corrected chi connectivity index (χ0v) is 15.4. The van der Waals surface area contributed by atoms with Gasteiger partial charge in [-0.1, -0.05) is 0 Å². The summed E-state index contributed by atoms with van der Waals surface area (Å²) >= 11 is 0. The topological polar surface area (TPSA) is 106 Å². The lowest BCUT2D eigenvalue weighted by molar-refractivity contribution is 0.0187. The summed E-state index contributed by atoms with van der Waals surface area (Å²) in [5.41, 5.74) is -1.43. The minimum Gasteiger partial charge on any atom is -0.478 e. The molecule has 1 aliphatic rings. The Hall–Kier alpha value is -2.64. The van der Waals surface area contributed by atoms with Crippen molar-refractivity contribution in [3.63, 3.8) is 0 Å². The average molecular weight is 364 g/mol. The molecule has 0 bridgehead atoms. The first-order chi connectivity index (χ1) is 12.0.